The van der Waals surface area contributed by atoms with E-state index < -0.39 is 7.12 Å². The van der Waals surface area contributed by atoms with Crippen LogP contribution in [0.25, 0.3) is 0 Å². The van der Waals surface area contributed by atoms with Crippen LogP contribution in [0, 0.1) is 0 Å². The van der Waals surface area contributed by atoms with Gasteiger partial charge >= 0.3 is 7.12 Å². The summed E-state index contributed by atoms with van der Waals surface area (Å²) in [4.78, 5) is 3.60. The molecule has 0 atom stereocenters. The summed E-state index contributed by atoms with van der Waals surface area (Å²) in [5, 5.41) is 17.0. The third kappa shape index (κ3) is 1.66. The van der Waals surface area contributed by atoms with Gasteiger partial charge < -0.3 is 10.0 Å². The topological polar surface area (TPSA) is 53.4 Å². The largest absolute Gasteiger partial charge is 0.500 e. The van der Waals surface area contributed by atoms with Gasteiger partial charge in [-0.05, 0) is 0 Å². The summed E-state index contributed by atoms with van der Waals surface area (Å²) >= 11 is 6.44. The molecule has 0 aliphatic heterocycles. The van der Waals surface area contributed by atoms with Gasteiger partial charge in [0.1, 0.15) is 0 Å². The molecule has 3 nitrogen and oxygen atoms in total. The van der Waals surface area contributed by atoms with Gasteiger partial charge in [-0.15, -0.1) is 11.3 Å². The minimum atomic E-state index is -1.45. The van der Waals surface area contributed by atoms with Crippen LogP contribution >= 0.6 is 22.9 Å². The van der Waals surface area contributed by atoms with Crippen molar-refractivity contribution in [3.05, 3.63) is 10.7 Å². The van der Waals surface area contributed by atoms with Gasteiger partial charge in [-0.3, -0.25) is 0 Å². The molecule has 9 heavy (non-hydrogen) atoms. The first-order valence-electron chi connectivity index (χ1n) is 2.17. The van der Waals surface area contributed by atoms with Crippen molar-refractivity contribution in [2.24, 2.45) is 0 Å². The van der Waals surface area contributed by atoms with E-state index in [1.54, 1.807) is 0 Å². The zero-order valence-electron chi connectivity index (χ0n) is 4.28. The predicted octanol–water partition coefficient (Wildman–Crippen LogP) is -0.524. The molecule has 0 aliphatic carbocycles. The van der Waals surface area contributed by atoms with E-state index in [9.17, 15) is 0 Å². The van der Waals surface area contributed by atoms with Crippen molar-refractivity contribution in [1.82, 2.24) is 4.98 Å². The summed E-state index contributed by atoms with van der Waals surface area (Å²) in [6.45, 7) is 0. The summed E-state index contributed by atoms with van der Waals surface area (Å²) in [6.07, 6.45) is 1.33. The van der Waals surface area contributed by atoms with E-state index in [0.717, 1.165) is 11.3 Å². The minimum absolute atomic E-state index is 0.318. The van der Waals surface area contributed by atoms with Gasteiger partial charge in [-0.1, -0.05) is 11.6 Å². The summed E-state index contributed by atoms with van der Waals surface area (Å²) in [5.41, 5.74) is 0. The van der Waals surface area contributed by atoms with E-state index in [4.69, 9.17) is 21.6 Å². The molecule has 0 spiro atoms. The van der Waals surface area contributed by atoms with Crippen molar-refractivity contribution in [3.63, 3.8) is 0 Å². The monoisotopic (exact) mass is 163 g/mol. The molecule has 0 bridgehead atoms. The zero-order valence-corrected chi connectivity index (χ0v) is 5.85. The average molecular weight is 163 g/mol. The van der Waals surface area contributed by atoms with E-state index in [-0.39, 0.29) is 0 Å². The average Bonchev–Trinajstić information content (AvgIpc) is 2.14. The van der Waals surface area contributed by atoms with Crippen LogP contribution in [-0.4, -0.2) is 22.2 Å². The lowest BCUT2D eigenvalue weighted by Crippen LogP contribution is -2.26. The van der Waals surface area contributed by atoms with Crippen molar-refractivity contribution in [3.8, 4) is 0 Å². The number of rotatable bonds is 1. The SMILES string of the molecule is OB(O)c1cnc(Cl)s1. The summed E-state index contributed by atoms with van der Waals surface area (Å²) < 4.78 is 0.679. The molecule has 0 fully saturated rings. The predicted molar refractivity (Wildman–Crippen MR) is 36.9 cm³/mol. The van der Waals surface area contributed by atoms with E-state index in [2.05, 4.69) is 4.98 Å². The van der Waals surface area contributed by atoms with Crippen LogP contribution in [0.1, 0.15) is 0 Å². The lowest BCUT2D eigenvalue weighted by atomic mass is 9.91. The highest BCUT2D eigenvalue weighted by molar-refractivity contribution is 7.24. The maximum atomic E-state index is 8.50. The Bertz CT molecular complexity index is 203. The molecule has 0 saturated carbocycles. The Kier molecular flexibility index (Phi) is 2.07. The Morgan fingerprint density at radius 3 is 2.56 bits per heavy atom. The quantitative estimate of drug-likeness (QED) is 0.548. The second-order valence-corrected chi connectivity index (χ2v) is 3.03. The molecule has 2 N–H and O–H groups in total. The molecule has 48 valence electrons. The molecule has 1 rings (SSSR count). The standard InChI is InChI=1S/C3H3BClNO2S/c5-3-6-1-2(9-3)4(7)8/h1,7-8H. The van der Waals surface area contributed by atoms with Crippen LogP contribution < -0.4 is 4.78 Å². The fraction of sp³-hybridized carbons (Fsp3) is 0. The Labute approximate surface area is 61.1 Å². The van der Waals surface area contributed by atoms with E-state index in [0.29, 0.717) is 9.24 Å². The van der Waals surface area contributed by atoms with Crippen molar-refractivity contribution in [1.29, 1.82) is 0 Å². The van der Waals surface area contributed by atoms with E-state index in [1.807, 2.05) is 0 Å². The van der Waals surface area contributed by atoms with E-state index in [1.165, 1.54) is 6.20 Å². The Hall–Kier alpha value is -0.0951. The summed E-state index contributed by atoms with van der Waals surface area (Å²) in [6, 6.07) is 0. The number of hydrogen-bond acceptors (Lipinski definition) is 4. The van der Waals surface area contributed by atoms with Crippen LogP contribution in [0.4, 0.5) is 0 Å². The Morgan fingerprint density at radius 1 is 1.67 bits per heavy atom. The zero-order chi connectivity index (χ0) is 6.85. The van der Waals surface area contributed by atoms with Gasteiger partial charge in [-0.2, -0.15) is 0 Å². The molecule has 0 radical (unpaired) electrons. The van der Waals surface area contributed by atoms with Crippen LogP contribution in [0.3, 0.4) is 0 Å². The third-order valence-corrected chi connectivity index (χ3v) is 1.90. The molecule has 1 aromatic heterocycles. The fourth-order valence-corrected chi connectivity index (χ4v) is 1.21. The van der Waals surface area contributed by atoms with Gasteiger partial charge in [0, 0.05) is 6.20 Å². The molecule has 6 heteroatoms. The molecule has 1 heterocycles. The van der Waals surface area contributed by atoms with Gasteiger partial charge in [-0.25, -0.2) is 4.98 Å². The minimum Gasteiger partial charge on any atom is -0.423 e. The van der Waals surface area contributed by atoms with Gasteiger partial charge in [0.05, 0.1) is 4.78 Å². The molecular formula is C3H3BClNO2S. The second-order valence-electron chi connectivity index (χ2n) is 1.39. The van der Waals surface area contributed by atoms with Gasteiger partial charge in [0.2, 0.25) is 0 Å². The van der Waals surface area contributed by atoms with Crippen LogP contribution in [0.5, 0.6) is 0 Å². The summed E-state index contributed by atoms with van der Waals surface area (Å²) in [7, 11) is -1.45. The van der Waals surface area contributed by atoms with Gasteiger partial charge in [0.25, 0.3) is 0 Å². The molecule has 0 aromatic carbocycles. The molecule has 0 aliphatic rings. The highest BCUT2D eigenvalue weighted by Crippen LogP contribution is 2.08. The Balaban J connectivity index is 2.85. The maximum absolute atomic E-state index is 8.50. The van der Waals surface area contributed by atoms with Crippen LogP contribution in [0.15, 0.2) is 6.20 Å². The molecular weight excluding hydrogens is 160 g/mol. The number of nitrogens with zero attached hydrogens (tertiary/aromatic N) is 1. The first-order valence-corrected chi connectivity index (χ1v) is 3.37. The van der Waals surface area contributed by atoms with E-state index >= 15 is 0 Å². The van der Waals surface area contributed by atoms with Crippen molar-refractivity contribution in [2.45, 2.75) is 0 Å². The van der Waals surface area contributed by atoms with Crippen molar-refractivity contribution < 1.29 is 10.0 Å². The first-order chi connectivity index (χ1) is 4.20. The number of thiazole rings is 1. The highest BCUT2D eigenvalue weighted by atomic mass is 35.5. The first kappa shape index (κ1) is 7.02. The fourth-order valence-electron chi connectivity index (χ4n) is 0.384. The second kappa shape index (κ2) is 2.66. The lowest BCUT2D eigenvalue weighted by Gasteiger charge is -1.86. The molecule has 0 amide bonds. The number of halogens is 1. The van der Waals surface area contributed by atoms with Crippen molar-refractivity contribution >= 4 is 34.8 Å². The molecule has 1 aromatic rings. The smallest absolute Gasteiger partial charge is 0.423 e. The lowest BCUT2D eigenvalue weighted by molar-refractivity contribution is 0.427. The molecule has 0 saturated heterocycles. The van der Waals surface area contributed by atoms with Crippen LogP contribution in [-0.2, 0) is 0 Å². The maximum Gasteiger partial charge on any atom is 0.500 e. The normalized spacial score (nSPS) is 9.67. The number of hydrogen-bond donors (Lipinski definition) is 2. The highest BCUT2D eigenvalue weighted by Gasteiger charge is 2.13. The van der Waals surface area contributed by atoms with Crippen LogP contribution in [0.2, 0.25) is 4.47 Å². The molecule has 0 unspecified atom stereocenters. The van der Waals surface area contributed by atoms with Gasteiger partial charge in [0.15, 0.2) is 4.47 Å². The van der Waals surface area contributed by atoms with Crippen molar-refractivity contribution in [2.75, 3.05) is 0 Å². The number of aromatic nitrogens is 1. The third-order valence-electron chi connectivity index (χ3n) is 0.750. The summed E-state index contributed by atoms with van der Waals surface area (Å²) in [5.74, 6) is 0. The Morgan fingerprint density at radius 2 is 2.33 bits per heavy atom.